The summed E-state index contributed by atoms with van der Waals surface area (Å²) >= 11 is 0. The second-order valence-corrected chi connectivity index (χ2v) is 7.68. The van der Waals surface area contributed by atoms with Gasteiger partial charge in [0.25, 0.3) is 0 Å². The summed E-state index contributed by atoms with van der Waals surface area (Å²) in [4.78, 5) is 16.9. The summed E-state index contributed by atoms with van der Waals surface area (Å²) in [6.45, 7) is 8.50. The maximum Gasteiger partial charge on any atom is 0.234 e. The minimum Gasteiger partial charge on any atom is -0.369 e. The van der Waals surface area contributed by atoms with Crippen LogP contribution in [0.5, 0.6) is 0 Å². The van der Waals surface area contributed by atoms with Crippen molar-refractivity contribution in [3.8, 4) is 0 Å². The van der Waals surface area contributed by atoms with Crippen LogP contribution in [0.1, 0.15) is 33.1 Å². The first-order valence-corrected chi connectivity index (χ1v) is 9.55. The van der Waals surface area contributed by atoms with Crippen LogP contribution in [0.25, 0.3) is 0 Å². The smallest absolute Gasteiger partial charge is 0.234 e. The number of amides is 1. The van der Waals surface area contributed by atoms with E-state index in [1.807, 2.05) is 12.1 Å². The minimum atomic E-state index is -0.203. The standard InChI is InChI=1S/C20H30FN3O/c1-15-4-3-5-19(16(15)2)22-20(25)14-23-10-12-24(13-11-23)18-8-6-17(21)7-9-18/h6-9,15-16,19H,3-5,10-14H2,1-2H3,(H,22,25)/t15-,16+,19+/m1/s1. The SMILES string of the molecule is C[C@H]1[C@H](C)CCC[C@@H]1NC(=O)CN1CCN(c2ccc(F)cc2)CC1. The van der Waals surface area contributed by atoms with Gasteiger partial charge in [-0.3, -0.25) is 9.69 Å². The highest BCUT2D eigenvalue weighted by Gasteiger charge is 2.28. The van der Waals surface area contributed by atoms with E-state index in [0.717, 1.165) is 38.3 Å². The Hall–Kier alpha value is -1.62. The topological polar surface area (TPSA) is 35.6 Å². The van der Waals surface area contributed by atoms with E-state index >= 15 is 0 Å². The van der Waals surface area contributed by atoms with E-state index < -0.39 is 0 Å². The molecule has 4 nitrogen and oxygen atoms in total. The van der Waals surface area contributed by atoms with Gasteiger partial charge in [-0.15, -0.1) is 0 Å². The number of piperazine rings is 1. The van der Waals surface area contributed by atoms with Crippen LogP contribution in [0.3, 0.4) is 0 Å². The number of hydrogen-bond donors (Lipinski definition) is 1. The zero-order chi connectivity index (χ0) is 17.8. The molecule has 1 saturated carbocycles. The Kier molecular flexibility index (Phi) is 5.94. The molecular weight excluding hydrogens is 317 g/mol. The van der Waals surface area contributed by atoms with E-state index in [0.29, 0.717) is 24.4 Å². The van der Waals surface area contributed by atoms with Gasteiger partial charge in [0.1, 0.15) is 5.82 Å². The molecule has 1 aromatic rings. The summed E-state index contributed by atoms with van der Waals surface area (Å²) in [5.74, 6) is 1.21. The predicted octanol–water partition coefficient (Wildman–Crippen LogP) is 2.89. The monoisotopic (exact) mass is 347 g/mol. The molecule has 0 bridgehead atoms. The van der Waals surface area contributed by atoms with Gasteiger partial charge in [0.2, 0.25) is 5.91 Å². The number of hydrogen-bond acceptors (Lipinski definition) is 3. The van der Waals surface area contributed by atoms with Gasteiger partial charge in [0.15, 0.2) is 0 Å². The van der Waals surface area contributed by atoms with Crippen LogP contribution in [0, 0.1) is 17.7 Å². The molecule has 0 spiro atoms. The summed E-state index contributed by atoms with van der Waals surface area (Å²) in [6, 6.07) is 6.98. The Labute approximate surface area is 150 Å². The molecular formula is C20H30FN3O. The Bertz CT molecular complexity index is 569. The van der Waals surface area contributed by atoms with E-state index in [9.17, 15) is 9.18 Å². The highest BCUT2D eigenvalue weighted by Crippen LogP contribution is 2.29. The van der Waals surface area contributed by atoms with Crippen molar-refractivity contribution in [2.24, 2.45) is 11.8 Å². The normalized spacial score (nSPS) is 28.0. The summed E-state index contributed by atoms with van der Waals surface area (Å²) in [7, 11) is 0. The zero-order valence-corrected chi connectivity index (χ0v) is 15.4. The fraction of sp³-hybridized carbons (Fsp3) is 0.650. The quantitative estimate of drug-likeness (QED) is 0.910. The number of benzene rings is 1. The van der Waals surface area contributed by atoms with Crippen LogP contribution < -0.4 is 10.2 Å². The van der Waals surface area contributed by atoms with Gasteiger partial charge in [-0.2, -0.15) is 0 Å². The first-order chi connectivity index (χ1) is 12.0. The molecule has 1 aliphatic heterocycles. The highest BCUT2D eigenvalue weighted by atomic mass is 19.1. The first-order valence-electron chi connectivity index (χ1n) is 9.55. The molecule has 1 aliphatic carbocycles. The Morgan fingerprint density at radius 1 is 1.12 bits per heavy atom. The summed E-state index contributed by atoms with van der Waals surface area (Å²) < 4.78 is 13.0. The molecule has 2 fully saturated rings. The van der Waals surface area contributed by atoms with Gasteiger partial charge < -0.3 is 10.2 Å². The van der Waals surface area contributed by atoms with Gasteiger partial charge in [-0.05, 0) is 42.5 Å². The molecule has 25 heavy (non-hydrogen) atoms. The molecule has 3 atom stereocenters. The Morgan fingerprint density at radius 2 is 1.80 bits per heavy atom. The fourth-order valence-corrected chi connectivity index (χ4v) is 4.06. The number of anilines is 1. The molecule has 0 radical (unpaired) electrons. The van der Waals surface area contributed by atoms with Crippen LogP contribution in [0.2, 0.25) is 0 Å². The number of carbonyl (C=O) groups excluding carboxylic acids is 1. The van der Waals surface area contributed by atoms with Crippen LogP contribution in [0.4, 0.5) is 10.1 Å². The number of rotatable bonds is 4. The summed E-state index contributed by atoms with van der Waals surface area (Å²) in [5, 5.41) is 3.26. The second kappa shape index (κ2) is 8.17. The summed E-state index contributed by atoms with van der Waals surface area (Å²) in [5.41, 5.74) is 1.05. The lowest BCUT2D eigenvalue weighted by Gasteiger charge is -2.37. The molecule has 5 heteroatoms. The van der Waals surface area contributed by atoms with Crippen molar-refractivity contribution in [2.45, 2.75) is 39.2 Å². The molecule has 3 rings (SSSR count). The lowest BCUT2D eigenvalue weighted by Crippen LogP contribution is -2.52. The largest absolute Gasteiger partial charge is 0.369 e. The molecule has 0 unspecified atom stereocenters. The van der Waals surface area contributed by atoms with Crippen LogP contribution >= 0.6 is 0 Å². The number of halogens is 1. The highest BCUT2D eigenvalue weighted by molar-refractivity contribution is 5.78. The lowest BCUT2D eigenvalue weighted by molar-refractivity contribution is -0.123. The van der Waals surface area contributed by atoms with Gasteiger partial charge in [-0.1, -0.05) is 26.7 Å². The molecule has 1 saturated heterocycles. The average molecular weight is 347 g/mol. The van der Waals surface area contributed by atoms with Crippen LogP contribution in [0.15, 0.2) is 24.3 Å². The third-order valence-electron chi connectivity index (χ3n) is 5.98. The van der Waals surface area contributed by atoms with E-state index in [1.54, 1.807) is 0 Å². The van der Waals surface area contributed by atoms with Gasteiger partial charge in [-0.25, -0.2) is 4.39 Å². The molecule has 1 heterocycles. The third kappa shape index (κ3) is 4.72. The fourth-order valence-electron chi connectivity index (χ4n) is 4.06. The van der Waals surface area contributed by atoms with E-state index in [1.165, 1.54) is 25.0 Å². The van der Waals surface area contributed by atoms with Gasteiger partial charge >= 0.3 is 0 Å². The van der Waals surface area contributed by atoms with Crippen molar-refractivity contribution < 1.29 is 9.18 Å². The molecule has 1 amide bonds. The number of nitrogens with zero attached hydrogens (tertiary/aromatic N) is 2. The van der Waals surface area contributed by atoms with E-state index in [4.69, 9.17) is 0 Å². The number of nitrogens with one attached hydrogen (secondary N) is 1. The molecule has 1 aromatic carbocycles. The van der Waals surface area contributed by atoms with Crippen molar-refractivity contribution in [1.29, 1.82) is 0 Å². The molecule has 2 aliphatic rings. The van der Waals surface area contributed by atoms with E-state index in [2.05, 4.69) is 29.0 Å². The first kappa shape index (κ1) is 18.2. The maximum absolute atomic E-state index is 13.0. The molecule has 138 valence electrons. The van der Waals surface area contributed by atoms with E-state index in [-0.39, 0.29) is 11.7 Å². The van der Waals surface area contributed by atoms with Crippen molar-refractivity contribution in [2.75, 3.05) is 37.6 Å². The van der Waals surface area contributed by atoms with Crippen molar-refractivity contribution in [3.05, 3.63) is 30.1 Å². The maximum atomic E-state index is 13.0. The molecule has 1 N–H and O–H groups in total. The van der Waals surface area contributed by atoms with Crippen LogP contribution in [-0.2, 0) is 4.79 Å². The second-order valence-electron chi connectivity index (χ2n) is 7.68. The van der Waals surface area contributed by atoms with Crippen molar-refractivity contribution in [1.82, 2.24) is 10.2 Å². The third-order valence-corrected chi connectivity index (χ3v) is 5.98. The van der Waals surface area contributed by atoms with Crippen LogP contribution in [-0.4, -0.2) is 49.6 Å². The van der Waals surface area contributed by atoms with Gasteiger partial charge in [0.05, 0.1) is 6.54 Å². The number of carbonyl (C=O) groups is 1. The Balaban J connectivity index is 1.44. The minimum absolute atomic E-state index is 0.154. The molecule has 0 aromatic heterocycles. The van der Waals surface area contributed by atoms with Gasteiger partial charge in [0, 0.05) is 37.9 Å². The Morgan fingerprint density at radius 3 is 2.48 bits per heavy atom. The summed E-state index contributed by atoms with van der Waals surface area (Å²) in [6.07, 6.45) is 3.60. The van der Waals surface area contributed by atoms with Crippen molar-refractivity contribution >= 4 is 11.6 Å². The van der Waals surface area contributed by atoms with Crippen molar-refractivity contribution in [3.63, 3.8) is 0 Å². The zero-order valence-electron chi connectivity index (χ0n) is 15.4. The average Bonchev–Trinajstić information content (AvgIpc) is 2.60. The predicted molar refractivity (Wildman–Crippen MR) is 99.2 cm³/mol. The lowest BCUT2D eigenvalue weighted by atomic mass is 9.78.